The molecule has 6 nitrogen and oxygen atoms in total. The van der Waals surface area contributed by atoms with Crippen LogP contribution in [0.4, 0.5) is 13.6 Å². The van der Waals surface area contributed by atoms with Gasteiger partial charge in [-0.15, -0.1) is 0 Å². The zero-order valence-electron chi connectivity index (χ0n) is 19.6. The Kier molecular flexibility index (Phi) is 6.89. The van der Waals surface area contributed by atoms with Crippen LogP contribution in [-0.4, -0.2) is 54.0 Å². The van der Waals surface area contributed by atoms with Crippen LogP contribution >= 0.6 is 0 Å². The summed E-state index contributed by atoms with van der Waals surface area (Å²) in [4.78, 5) is 27.2. The number of carbonyl (C=O) groups is 2. The van der Waals surface area contributed by atoms with E-state index in [9.17, 15) is 18.4 Å². The van der Waals surface area contributed by atoms with Gasteiger partial charge in [-0.1, -0.05) is 36.4 Å². The lowest BCUT2D eigenvalue weighted by Gasteiger charge is -2.41. The Morgan fingerprint density at radius 1 is 1.12 bits per heavy atom. The van der Waals surface area contributed by atoms with Gasteiger partial charge in [0.05, 0.1) is 18.7 Å². The first kappa shape index (κ1) is 24.1. The number of carbonyl (C=O) groups excluding carboxylic acids is 2. The molecule has 0 aliphatic carbocycles. The van der Waals surface area contributed by atoms with Gasteiger partial charge in [0.25, 0.3) is 5.91 Å². The predicted octanol–water partition coefficient (Wildman–Crippen LogP) is 4.32. The lowest BCUT2D eigenvalue weighted by molar-refractivity contribution is -0.152. The number of rotatable bonds is 3. The van der Waals surface area contributed by atoms with E-state index in [0.717, 1.165) is 16.7 Å². The van der Waals surface area contributed by atoms with Gasteiger partial charge in [-0.05, 0) is 56.0 Å². The third-order valence-corrected chi connectivity index (χ3v) is 6.08. The topological polar surface area (TPSA) is 67.9 Å². The molecule has 1 fully saturated rings. The van der Waals surface area contributed by atoms with Gasteiger partial charge in [0.2, 0.25) is 0 Å². The molecule has 0 aromatic heterocycles. The van der Waals surface area contributed by atoms with E-state index in [2.05, 4.69) is 5.32 Å². The minimum absolute atomic E-state index is 0.136. The number of ether oxygens (including phenoxy) is 2. The summed E-state index contributed by atoms with van der Waals surface area (Å²) in [6.45, 7) is 5.47. The molecule has 2 aromatic rings. The molecule has 34 heavy (non-hydrogen) atoms. The molecule has 2 amide bonds. The maximum Gasteiger partial charge on any atom is 0.408 e. The van der Waals surface area contributed by atoms with E-state index in [1.54, 1.807) is 37.8 Å². The Labute approximate surface area is 198 Å². The van der Waals surface area contributed by atoms with Gasteiger partial charge in [-0.25, -0.2) is 13.6 Å². The van der Waals surface area contributed by atoms with Crippen LogP contribution in [-0.2, 0) is 20.7 Å². The maximum atomic E-state index is 15.0. The molecule has 0 unspecified atom stereocenters. The Morgan fingerprint density at radius 2 is 1.82 bits per heavy atom. The standard InChI is InChI=1S/C26H30F2N2O4/c1-26(2,3)34-25(32)29-21-15-33-22(14-20(21)28)24(31)30-13-12-16-6-4-5-7-19(16)23(30)17-8-10-18(27)11-9-17/h4-11,20-23H,12-15H2,1-3H3,(H,29,32)/t20-,21-,22-,23-/m0/s1. The van der Waals surface area contributed by atoms with Crippen LogP contribution in [0.5, 0.6) is 0 Å². The number of hydrogen-bond donors (Lipinski definition) is 1. The quantitative estimate of drug-likeness (QED) is 0.723. The van der Waals surface area contributed by atoms with Crippen LogP contribution in [0.3, 0.4) is 0 Å². The zero-order chi connectivity index (χ0) is 24.5. The molecule has 1 saturated heterocycles. The van der Waals surface area contributed by atoms with Crippen molar-refractivity contribution in [3.05, 3.63) is 71.0 Å². The average molecular weight is 473 g/mol. The first-order chi connectivity index (χ1) is 16.1. The normalized spacial score (nSPS) is 24.8. The highest BCUT2D eigenvalue weighted by atomic mass is 19.1. The number of benzene rings is 2. The second kappa shape index (κ2) is 9.70. The Morgan fingerprint density at radius 3 is 2.50 bits per heavy atom. The molecule has 2 aliphatic heterocycles. The monoisotopic (exact) mass is 472 g/mol. The second-order valence-corrected chi connectivity index (χ2v) is 9.76. The van der Waals surface area contributed by atoms with Crippen molar-refractivity contribution in [2.75, 3.05) is 13.2 Å². The van der Waals surface area contributed by atoms with Crippen molar-refractivity contribution in [1.82, 2.24) is 10.2 Å². The molecule has 0 radical (unpaired) electrons. The van der Waals surface area contributed by atoms with E-state index < -0.39 is 36.1 Å². The van der Waals surface area contributed by atoms with Crippen LogP contribution in [0, 0.1) is 5.82 Å². The number of halogens is 2. The SMILES string of the molecule is CC(C)(C)OC(=O)N[C@H]1CO[C@H](C(=O)N2CCc3ccccc3[C@@H]2c2ccc(F)cc2)C[C@@H]1F. The van der Waals surface area contributed by atoms with Crippen LogP contribution in [0.15, 0.2) is 48.5 Å². The fourth-order valence-corrected chi connectivity index (χ4v) is 4.52. The average Bonchev–Trinajstić information content (AvgIpc) is 2.78. The first-order valence-corrected chi connectivity index (χ1v) is 11.5. The van der Waals surface area contributed by atoms with E-state index >= 15 is 0 Å². The Bertz CT molecular complexity index is 1040. The molecular formula is C26H30F2N2O4. The van der Waals surface area contributed by atoms with Gasteiger partial charge in [0.15, 0.2) is 0 Å². The van der Waals surface area contributed by atoms with Crippen molar-refractivity contribution in [1.29, 1.82) is 0 Å². The van der Waals surface area contributed by atoms with Crippen LogP contribution in [0.1, 0.15) is 49.9 Å². The van der Waals surface area contributed by atoms with Crippen molar-refractivity contribution >= 4 is 12.0 Å². The second-order valence-electron chi connectivity index (χ2n) is 9.76. The lowest BCUT2D eigenvalue weighted by atomic mass is 9.87. The minimum atomic E-state index is -1.46. The van der Waals surface area contributed by atoms with E-state index in [0.29, 0.717) is 13.0 Å². The number of nitrogens with one attached hydrogen (secondary N) is 1. The van der Waals surface area contributed by atoms with Gasteiger partial charge < -0.3 is 19.7 Å². The van der Waals surface area contributed by atoms with Crippen molar-refractivity contribution in [2.24, 2.45) is 0 Å². The van der Waals surface area contributed by atoms with Crippen molar-refractivity contribution in [3.8, 4) is 0 Å². The molecule has 8 heteroatoms. The van der Waals surface area contributed by atoms with Crippen LogP contribution < -0.4 is 5.32 Å². The number of hydrogen-bond acceptors (Lipinski definition) is 4. The molecule has 2 heterocycles. The van der Waals surface area contributed by atoms with Gasteiger partial charge in [0, 0.05) is 13.0 Å². The van der Waals surface area contributed by atoms with Gasteiger partial charge >= 0.3 is 6.09 Å². The maximum absolute atomic E-state index is 15.0. The molecule has 4 rings (SSSR count). The molecule has 2 aliphatic rings. The molecule has 1 N–H and O–H groups in total. The van der Waals surface area contributed by atoms with Gasteiger partial charge in [-0.3, -0.25) is 4.79 Å². The summed E-state index contributed by atoms with van der Waals surface area (Å²) in [5.41, 5.74) is 2.16. The van der Waals surface area contributed by atoms with E-state index in [1.807, 2.05) is 24.3 Å². The largest absolute Gasteiger partial charge is 0.444 e. The molecular weight excluding hydrogens is 442 g/mol. The fraction of sp³-hybridized carbons (Fsp3) is 0.462. The third-order valence-electron chi connectivity index (χ3n) is 6.08. The summed E-state index contributed by atoms with van der Waals surface area (Å²) in [6.07, 6.45) is -2.67. The summed E-state index contributed by atoms with van der Waals surface area (Å²) in [5.74, 6) is -0.674. The number of alkyl carbamates (subject to hydrolysis) is 1. The summed E-state index contributed by atoms with van der Waals surface area (Å²) in [6, 6.07) is 12.6. The molecule has 0 bridgehead atoms. The Hall–Kier alpha value is -3.00. The van der Waals surface area contributed by atoms with Crippen molar-refractivity contribution in [2.45, 2.75) is 63.6 Å². The van der Waals surface area contributed by atoms with Gasteiger partial charge in [0.1, 0.15) is 23.7 Å². The van der Waals surface area contributed by atoms with Crippen molar-refractivity contribution < 1.29 is 27.8 Å². The zero-order valence-corrected chi connectivity index (χ0v) is 19.6. The van der Waals surface area contributed by atoms with E-state index in [4.69, 9.17) is 9.47 Å². The molecule has 0 saturated carbocycles. The molecule has 4 atom stereocenters. The molecule has 2 aromatic carbocycles. The number of amides is 2. The van der Waals surface area contributed by atoms with Crippen LogP contribution in [0.25, 0.3) is 0 Å². The third kappa shape index (κ3) is 5.38. The van der Waals surface area contributed by atoms with E-state index in [-0.39, 0.29) is 24.8 Å². The molecule has 0 spiro atoms. The van der Waals surface area contributed by atoms with E-state index in [1.165, 1.54) is 12.1 Å². The summed E-state index contributed by atoms with van der Waals surface area (Å²) in [7, 11) is 0. The fourth-order valence-electron chi connectivity index (χ4n) is 4.52. The highest BCUT2D eigenvalue weighted by molar-refractivity contribution is 5.82. The number of alkyl halides is 1. The lowest BCUT2D eigenvalue weighted by Crippen LogP contribution is -2.55. The van der Waals surface area contributed by atoms with Gasteiger partial charge in [-0.2, -0.15) is 0 Å². The van der Waals surface area contributed by atoms with Crippen LogP contribution in [0.2, 0.25) is 0 Å². The highest BCUT2D eigenvalue weighted by Crippen LogP contribution is 2.36. The summed E-state index contributed by atoms with van der Waals surface area (Å²) >= 11 is 0. The molecule has 182 valence electrons. The predicted molar refractivity (Wildman–Crippen MR) is 123 cm³/mol. The van der Waals surface area contributed by atoms with Crippen molar-refractivity contribution in [3.63, 3.8) is 0 Å². The smallest absolute Gasteiger partial charge is 0.408 e. The first-order valence-electron chi connectivity index (χ1n) is 11.5. The number of fused-ring (bicyclic) bond motifs is 1. The highest BCUT2D eigenvalue weighted by Gasteiger charge is 2.41. The minimum Gasteiger partial charge on any atom is -0.444 e. The summed E-state index contributed by atoms with van der Waals surface area (Å²) in [5, 5.41) is 2.50. The Balaban J connectivity index is 1.50. The summed E-state index contributed by atoms with van der Waals surface area (Å²) < 4.78 is 39.5. The number of nitrogens with zero attached hydrogens (tertiary/aromatic N) is 1.